The predicted molar refractivity (Wildman–Crippen MR) is 108 cm³/mol. The normalized spacial score (nSPS) is 15.8. The van der Waals surface area contributed by atoms with E-state index in [2.05, 4.69) is 25.7 Å². The van der Waals surface area contributed by atoms with E-state index in [0.717, 1.165) is 43.5 Å². The van der Waals surface area contributed by atoms with Crippen molar-refractivity contribution >= 4 is 17.6 Å². The monoisotopic (exact) mass is 374 g/mol. The lowest BCUT2D eigenvalue weighted by molar-refractivity contribution is -0.942. The zero-order valence-corrected chi connectivity index (χ0v) is 17.6. The zero-order valence-electron chi connectivity index (χ0n) is 17.6. The highest BCUT2D eigenvalue weighted by Gasteiger charge is 2.55. The van der Waals surface area contributed by atoms with Gasteiger partial charge in [-0.1, -0.05) is 6.07 Å². The van der Waals surface area contributed by atoms with Gasteiger partial charge in [-0.2, -0.15) is 0 Å². The number of nitrogens with one attached hydrogen (secondary N) is 1. The van der Waals surface area contributed by atoms with Crippen molar-refractivity contribution in [2.45, 2.75) is 66.3 Å². The summed E-state index contributed by atoms with van der Waals surface area (Å²) in [5.74, 6) is -0.385. The number of quaternary nitrogens is 1. The summed E-state index contributed by atoms with van der Waals surface area (Å²) in [4.78, 5) is 26.0. The van der Waals surface area contributed by atoms with E-state index in [1.54, 1.807) is 13.0 Å². The number of ether oxygens (including phenoxy) is 1. The summed E-state index contributed by atoms with van der Waals surface area (Å²) >= 11 is 0. The van der Waals surface area contributed by atoms with Gasteiger partial charge < -0.3 is 14.5 Å². The second kappa shape index (κ2) is 8.42. The molecule has 2 rings (SSSR count). The van der Waals surface area contributed by atoms with Gasteiger partial charge in [-0.25, -0.2) is 4.79 Å². The van der Waals surface area contributed by atoms with Crippen LogP contribution in [0.25, 0.3) is 0 Å². The maximum absolute atomic E-state index is 13.5. The number of hydrogen-bond acceptors (Lipinski definition) is 3. The van der Waals surface area contributed by atoms with E-state index in [1.165, 1.54) is 0 Å². The van der Waals surface area contributed by atoms with E-state index >= 15 is 0 Å². The largest absolute Gasteiger partial charge is 0.462 e. The molecule has 1 N–H and O–H groups in total. The van der Waals surface area contributed by atoms with E-state index < -0.39 is 11.5 Å². The Morgan fingerprint density at radius 2 is 1.81 bits per heavy atom. The molecular weight excluding hydrogens is 340 g/mol. The average Bonchev–Trinajstić information content (AvgIpc) is 2.60. The van der Waals surface area contributed by atoms with Crippen molar-refractivity contribution in [1.82, 2.24) is 0 Å². The zero-order chi connectivity index (χ0) is 20.2. The lowest BCUT2D eigenvalue weighted by Gasteiger charge is -2.62. The molecule has 5 nitrogen and oxygen atoms in total. The van der Waals surface area contributed by atoms with Crippen molar-refractivity contribution in [2.24, 2.45) is 0 Å². The first-order valence-electron chi connectivity index (χ1n) is 10.1. The minimum absolute atomic E-state index is 0.00746. The van der Waals surface area contributed by atoms with Gasteiger partial charge >= 0.3 is 5.97 Å². The molecule has 0 aliphatic heterocycles. The minimum atomic E-state index is -0.457. The highest BCUT2D eigenvalue weighted by molar-refractivity contribution is 6.05. The fourth-order valence-electron chi connectivity index (χ4n) is 4.56. The van der Waals surface area contributed by atoms with Crippen molar-refractivity contribution in [3.8, 4) is 0 Å². The first-order chi connectivity index (χ1) is 12.8. The molecule has 0 spiro atoms. The van der Waals surface area contributed by atoms with Crippen molar-refractivity contribution in [3.63, 3.8) is 0 Å². The van der Waals surface area contributed by atoms with Crippen LogP contribution in [0.2, 0.25) is 0 Å². The molecule has 1 aromatic carbocycles. The van der Waals surface area contributed by atoms with E-state index in [-0.39, 0.29) is 5.91 Å². The van der Waals surface area contributed by atoms with E-state index in [1.807, 2.05) is 26.8 Å². The molecule has 1 aliphatic rings. The summed E-state index contributed by atoms with van der Waals surface area (Å²) in [7, 11) is 0. The van der Waals surface area contributed by atoms with Gasteiger partial charge in [-0.05, 0) is 58.2 Å². The average molecular weight is 375 g/mol. The van der Waals surface area contributed by atoms with Crippen molar-refractivity contribution < 1.29 is 18.8 Å². The number of nitrogens with zero attached hydrogens (tertiary/aromatic N) is 1. The van der Waals surface area contributed by atoms with Crippen LogP contribution < -0.4 is 5.32 Å². The van der Waals surface area contributed by atoms with Gasteiger partial charge in [-0.15, -0.1) is 13.5 Å². The molecule has 0 aromatic heterocycles. The lowest BCUT2D eigenvalue weighted by atomic mass is 9.72. The van der Waals surface area contributed by atoms with E-state index in [9.17, 15) is 9.59 Å². The lowest BCUT2D eigenvalue weighted by Crippen LogP contribution is -2.70. The first kappa shape index (κ1) is 21.4. The predicted octanol–water partition coefficient (Wildman–Crippen LogP) is 4.38. The summed E-state index contributed by atoms with van der Waals surface area (Å²) in [6, 6.07) is 3.78. The highest BCUT2D eigenvalue weighted by atomic mass is 16.5. The summed E-state index contributed by atoms with van der Waals surface area (Å²) < 4.78 is 5.88. The fourth-order valence-corrected chi connectivity index (χ4v) is 4.56. The number of carbonyl (C=O) groups excluding carboxylic acids is 2. The van der Waals surface area contributed by atoms with E-state index in [0.29, 0.717) is 22.3 Å². The Kier molecular flexibility index (Phi) is 6.68. The summed E-state index contributed by atoms with van der Waals surface area (Å²) in [5.41, 5.74) is 2.41. The third kappa shape index (κ3) is 3.62. The molecule has 0 bridgehead atoms. The third-order valence-electron chi connectivity index (χ3n) is 6.29. The van der Waals surface area contributed by atoms with Gasteiger partial charge in [-0.3, -0.25) is 4.79 Å². The highest BCUT2D eigenvalue weighted by Crippen LogP contribution is 2.45. The second-order valence-electron chi connectivity index (χ2n) is 7.49. The molecule has 0 radical (unpaired) electrons. The number of amides is 1. The molecule has 1 aliphatic carbocycles. The number of benzene rings is 1. The van der Waals surface area contributed by atoms with Gasteiger partial charge in [0.25, 0.3) is 5.91 Å². The number of anilines is 1. The first-order valence-corrected chi connectivity index (χ1v) is 10.1. The second-order valence-corrected chi connectivity index (χ2v) is 7.49. The number of carbonyl (C=O) groups is 2. The van der Waals surface area contributed by atoms with Gasteiger partial charge in [0.15, 0.2) is 5.54 Å². The van der Waals surface area contributed by atoms with Crippen LogP contribution in [0.4, 0.5) is 5.69 Å². The van der Waals surface area contributed by atoms with Crippen LogP contribution >= 0.6 is 0 Å². The van der Waals surface area contributed by atoms with Crippen molar-refractivity contribution in [1.29, 1.82) is 0 Å². The molecular formula is C22H34N2O3. The summed E-state index contributed by atoms with van der Waals surface area (Å²) in [6.07, 6.45) is 2.79. The number of likely N-dealkylation sites (N-methyl/N-ethyl adjacent to an activating group) is 1. The molecule has 1 fully saturated rings. The smallest absolute Gasteiger partial charge is 0.340 e. The van der Waals surface area contributed by atoms with Gasteiger partial charge in [0.2, 0.25) is 0 Å². The Morgan fingerprint density at radius 1 is 1.19 bits per heavy atom. The minimum Gasteiger partial charge on any atom is -0.462 e. The van der Waals surface area contributed by atoms with Crippen molar-refractivity contribution in [3.05, 3.63) is 35.4 Å². The molecule has 0 atom stereocenters. The topological polar surface area (TPSA) is 55.4 Å². The molecule has 1 amide bonds. The summed E-state index contributed by atoms with van der Waals surface area (Å²) in [6.45, 7) is 16.2. The van der Waals surface area contributed by atoms with Crippen LogP contribution in [-0.4, -0.2) is 41.6 Å². The Balaban J connectivity index is 2.44. The molecule has 150 valence electrons. The van der Waals surface area contributed by atoms with Crippen LogP contribution in [0, 0.1) is 20.4 Å². The van der Waals surface area contributed by atoms with Gasteiger partial charge in [0, 0.05) is 12.8 Å². The Bertz CT molecular complexity index is 695. The number of esters is 1. The fraction of sp³-hybridized carbons (Fsp3) is 0.591. The van der Waals surface area contributed by atoms with Gasteiger partial charge in [0.05, 0.1) is 30.9 Å². The van der Waals surface area contributed by atoms with Crippen LogP contribution in [0.3, 0.4) is 0 Å². The molecule has 0 saturated heterocycles. The van der Waals surface area contributed by atoms with Crippen LogP contribution in [0.5, 0.6) is 0 Å². The SMILES string of the molecule is C[CH-][N+](CC)(CC)C1(C(=O)Nc2c(C)cc(C)cc2C(=O)OCC)CCC1. The molecule has 1 aromatic rings. The van der Waals surface area contributed by atoms with Crippen LogP contribution in [0.15, 0.2) is 12.1 Å². The Morgan fingerprint density at radius 3 is 2.26 bits per heavy atom. The standard InChI is InChI=1S/C22H34N2O3/c1-7-24(8-2,9-3)22(12-11-13-22)21(26)23-19-17(6)14-16(5)15-18(19)20(25)27-10-4/h7,14-15H,8-13H2,1-6H3,(H,23,26). The van der Waals surface area contributed by atoms with E-state index in [4.69, 9.17) is 4.74 Å². The van der Waals surface area contributed by atoms with Crippen molar-refractivity contribution in [2.75, 3.05) is 25.0 Å². The Hall–Kier alpha value is -1.88. The number of rotatable bonds is 8. The number of aryl methyl sites for hydroxylation is 2. The maximum Gasteiger partial charge on any atom is 0.340 e. The molecule has 1 saturated carbocycles. The third-order valence-corrected chi connectivity index (χ3v) is 6.29. The molecule has 5 heteroatoms. The molecule has 0 heterocycles. The molecule has 0 unspecified atom stereocenters. The quantitative estimate of drug-likeness (QED) is 0.417. The van der Waals surface area contributed by atoms with Crippen LogP contribution in [0.1, 0.15) is 68.4 Å². The Labute approximate surface area is 163 Å². The van der Waals surface area contributed by atoms with Gasteiger partial charge in [0.1, 0.15) is 0 Å². The summed E-state index contributed by atoms with van der Waals surface area (Å²) in [5, 5.41) is 3.12. The van der Waals surface area contributed by atoms with Crippen LogP contribution in [-0.2, 0) is 9.53 Å². The maximum atomic E-state index is 13.5. The molecule has 27 heavy (non-hydrogen) atoms. The number of hydrogen-bond donors (Lipinski definition) is 1.